The van der Waals surface area contributed by atoms with Crippen LogP contribution in [0.4, 0.5) is 0 Å². The van der Waals surface area contributed by atoms with Gasteiger partial charge in [-0.1, -0.05) is 54.6 Å². The fourth-order valence-corrected chi connectivity index (χ4v) is 6.67. The predicted molar refractivity (Wildman–Crippen MR) is 168 cm³/mol. The van der Waals surface area contributed by atoms with E-state index >= 15 is 0 Å². The number of fused-ring (bicyclic) bond motifs is 1. The molecule has 2 saturated heterocycles. The molecule has 4 aromatic rings. The fraction of sp³-hybridized carbons (Fsp3) is 0.371. The van der Waals surface area contributed by atoms with Crippen LogP contribution < -0.4 is 20.7 Å². The molecule has 0 amide bonds. The highest BCUT2D eigenvalue weighted by Crippen LogP contribution is 2.52. The Morgan fingerprint density at radius 2 is 1.50 bits per heavy atom. The Bertz CT molecular complexity index is 1720. The summed E-state index contributed by atoms with van der Waals surface area (Å²) in [7, 11) is 4.67. The molecule has 3 heterocycles. The third-order valence-corrected chi connectivity index (χ3v) is 9.20. The first-order chi connectivity index (χ1) is 22.2. The van der Waals surface area contributed by atoms with Crippen LogP contribution in [0.25, 0.3) is 0 Å². The number of nitrogens with zero attached hydrogens (tertiary/aromatic N) is 1. The number of aliphatic hydroxyl groups is 1. The number of nitrogens with one attached hydrogen (secondary N) is 1. The molecule has 0 radical (unpaired) electrons. The maximum atomic E-state index is 13.0. The van der Waals surface area contributed by atoms with Gasteiger partial charge in [0, 0.05) is 31.9 Å². The van der Waals surface area contributed by atoms with E-state index in [4.69, 9.17) is 28.4 Å². The summed E-state index contributed by atoms with van der Waals surface area (Å²) in [5, 5.41) is 12.5. The second kappa shape index (κ2) is 12.5. The molecule has 4 atom stereocenters. The predicted octanol–water partition coefficient (Wildman–Crippen LogP) is 3.30. The molecule has 2 fully saturated rings. The number of methoxy groups -OCH3 is 3. The summed E-state index contributed by atoms with van der Waals surface area (Å²) in [4.78, 5) is 27.6. The van der Waals surface area contributed by atoms with E-state index in [0.29, 0.717) is 17.1 Å². The highest BCUT2D eigenvalue weighted by molar-refractivity contribution is 5.50. The first-order valence-electron chi connectivity index (χ1n) is 15.0. The SMILES string of the molecule is COc1ccc(C(OC[C@]23COCC[C@]2(O)[C@@H](OC)[C@H](n2cc(C)c(=O)[nH]c2=O)O3)(c2ccccc2)c2ccc(OC)cc2)cc1. The van der Waals surface area contributed by atoms with Crippen LogP contribution in [0.1, 0.15) is 34.9 Å². The molecule has 0 unspecified atom stereocenters. The van der Waals surface area contributed by atoms with Gasteiger partial charge in [0.05, 0.1) is 27.4 Å². The molecule has 1 aromatic heterocycles. The lowest BCUT2D eigenvalue weighted by molar-refractivity contribution is -0.243. The van der Waals surface area contributed by atoms with E-state index in [-0.39, 0.29) is 26.2 Å². The normalized spacial score (nSPS) is 24.4. The van der Waals surface area contributed by atoms with E-state index in [1.807, 2.05) is 78.9 Å². The van der Waals surface area contributed by atoms with Gasteiger partial charge in [-0.2, -0.15) is 0 Å². The second-order valence-electron chi connectivity index (χ2n) is 11.7. The third-order valence-electron chi connectivity index (χ3n) is 9.20. The van der Waals surface area contributed by atoms with Gasteiger partial charge in [-0.15, -0.1) is 0 Å². The summed E-state index contributed by atoms with van der Waals surface area (Å²) < 4.78 is 37.8. The average Bonchev–Trinajstić information content (AvgIpc) is 3.35. The molecule has 6 rings (SSSR count). The highest BCUT2D eigenvalue weighted by atomic mass is 16.6. The molecule has 0 spiro atoms. The van der Waals surface area contributed by atoms with Gasteiger partial charge in [0.15, 0.2) is 6.23 Å². The zero-order chi connectivity index (χ0) is 32.5. The number of benzene rings is 3. The Balaban J connectivity index is 1.51. The Hall–Kier alpha value is -4.26. The molecule has 11 nitrogen and oxygen atoms in total. The summed E-state index contributed by atoms with van der Waals surface area (Å²) in [6.07, 6.45) is -0.504. The quantitative estimate of drug-likeness (QED) is 0.254. The van der Waals surface area contributed by atoms with E-state index in [1.165, 1.54) is 17.9 Å². The van der Waals surface area contributed by atoms with Crippen LogP contribution >= 0.6 is 0 Å². The molecule has 46 heavy (non-hydrogen) atoms. The molecule has 0 aliphatic carbocycles. The molecule has 0 saturated carbocycles. The molecule has 2 N–H and O–H groups in total. The number of hydrogen-bond donors (Lipinski definition) is 2. The van der Waals surface area contributed by atoms with Crippen LogP contribution in [-0.2, 0) is 24.5 Å². The summed E-state index contributed by atoms with van der Waals surface area (Å²) in [5.41, 5.74) is -2.76. The van der Waals surface area contributed by atoms with Crippen molar-refractivity contribution in [3.8, 4) is 11.5 Å². The highest BCUT2D eigenvalue weighted by Gasteiger charge is 2.68. The smallest absolute Gasteiger partial charge is 0.330 e. The summed E-state index contributed by atoms with van der Waals surface area (Å²) in [6.45, 7) is 1.64. The van der Waals surface area contributed by atoms with Gasteiger partial charge in [-0.05, 0) is 47.9 Å². The van der Waals surface area contributed by atoms with Gasteiger partial charge in [0.1, 0.15) is 34.4 Å². The number of aryl methyl sites for hydroxylation is 1. The van der Waals surface area contributed by atoms with Crippen molar-refractivity contribution < 1.29 is 33.5 Å². The van der Waals surface area contributed by atoms with Crippen molar-refractivity contribution in [1.82, 2.24) is 9.55 Å². The van der Waals surface area contributed by atoms with Crippen molar-refractivity contribution in [2.45, 2.75) is 42.5 Å². The van der Waals surface area contributed by atoms with Crippen LogP contribution in [0, 0.1) is 6.92 Å². The Morgan fingerprint density at radius 1 is 0.913 bits per heavy atom. The number of hydrogen-bond acceptors (Lipinski definition) is 9. The van der Waals surface area contributed by atoms with Gasteiger partial charge in [-0.3, -0.25) is 14.3 Å². The Labute approximate surface area is 266 Å². The fourth-order valence-electron chi connectivity index (χ4n) is 6.67. The van der Waals surface area contributed by atoms with E-state index < -0.39 is 40.4 Å². The van der Waals surface area contributed by atoms with E-state index in [9.17, 15) is 14.7 Å². The maximum Gasteiger partial charge on any atom is 0.330 e. The number of ether oxygens (including phenoxy) is 6. The van der Waals surface area contributed by atoms with Crippen LogP contribution in [0.2, 0.25) is 0 Å². The molecule has 242 valence electrons. The second-order valence-corrected chi connectivity index (χ2v) is 11.7. The van der Waals surface area contributed by atoms with E-state index in [1.54, 1.807) is 21.1 Å². The van der Waals surface area contributed by atoms with Gasteiger partial charge < -0.3 is 33.5 Å². The first kappa shape index (κ1) is 31.7. The topological polar surface area (TPSA) is 130 Å². The van der Waals surface area contributed by atoms with Gasteiger partial charge in [0.2, 0.25) is 0 Å². The molecule has 0 bridgehead atoms. The van der Waals surface area contributed by atoms with Crippen molar-refractivity contribution in [2.75, 3.05) is 41.2 Å². The van der Waals surface area contributed by atoms with Crippen LogP contribution in [0.15, 0.2) is 94.6 Å². The zero-order valence-corrected chi connectivity index (χ0v) is 26.2. The summed E-state index contributed by atoms with van der Waals surface area (Å²) in [5.74, 6) is 1.36. The molecule has 2 aliphatic rings. The molecule has 3 aromatic carbocycles. The standard InChI is InChI=1S/C35H38N2O9/c1-23-20-37(32(39)36-30(23)38)31-29(43-4)34(40)18-19-44-21-33(34,46-31)22-45-35(24-8-6-5-7-9-24,25-10-14-27(41-2)15-11-25)26-12-16-28(42-3)17-13-26/h5-17,20,29,31,40H,18-19,21-22H2,1-4H3,(H,36,38,39)/t29-,31+,33+,34-/m0/s1. The van der Waals surface area contributed by atoms with E-state index in [2.05, 4.69) is 4.98 Å². The largest absolute Gasteiger partial charge is 0.497 e. The van der Waals surface area contributed by atoms with E-state index in [0.717, 1.165) is 16.7 Å². The summed E-state index contributed by atoms with van der Waals surface area (Å²) in [6, 6.07) is 25.0. The van der Waals surface area contributed by atoms with Crippen molar-refractivity contribution in [1.29, 1.82) is 0 Å². The Morgan fingerprint density at radius 3 is 2.07 bits per heavy atom. The first-order valence-corrected chi connectivity index (χ1v) is 15.0. The van der Waals surface area contributed by atoms with Gasteiger partial charge in [-0.25, -0.2) is 4.79 Å². The van der Waals surface area contributed by atoms with Crippen LogP contribution in [-0.4, -0.2) is 73.1 Å². The molecule has 2 aliphatic heterocycles. The molecular weight excluding hydrogens is 592 g/mol. The minimum atomic E-state index is -1.63. The lowest BCUT2D eigenvalue weighted by Crippen LogP contribution is -2.65. The van der Waals surface area contributed by atoms with Gasteiger partial charge >= 0.3 is 5.69 Å². The minimum absolute atomic E-state index is 0.0347. The molecular formula is C35H38N2O9. The lowest BCUT2D eigenvalue weighted by atomic mass is 9.76. The maximum absolute atomic E-state index is 13.0. The Kier molecular flexibility index (Phi) is 8.62. The minimum Gasteiger partial charge on any atom is -0.497 e. The number of rotatable bonds is 10. The van der Waals surface area contributed by atoms with Gasteiger partial charge in [0.25, 0.3) is 5.56 Å². The van der Waals surface area contributed by atoms with Crippen molar-refractivity contribution in [3.63, 3.8) is 0 Å². The average molecular weight is 631 g/mol. The van der Waals surface area contributed by atoms with Crippen molar-refractivity contribution >= 4 is 0 Å². The lowest BCUT2D eigenvalue weighted by Gasteiger charge is -2.47. The van der Waals surface area contributed by atoms with Crippen LogP contribution in [0.3, 0.4) is 0 Å². The van der Waals surface area contributed by atoms with Crippen LogP contribution in [0.5, 0.6) is 11.5 Å². The van der Waals surface area contributed by atoms with Crippen molar-refractivity contribution in [3.05, 3.63) is 128 Å². The summed E-state index contributed by atoms with van der Waals surface area (Å²) >= 11 is 0. The zero-order valence-electron chi connectivity index (χ0n) is 26.2. The monoisotopic (exact) mass is 630 g/mol. The number of aromatic nitrogens is 2. The van der Waals surface area contributed by atoms with Crippen molar-refractivity contribution in [2.24, 2.45) is 0 Å². The molecule has 11 heteroatoms. The number of H-pyrrole nitrogens is 1. The third kappa shape index (κ3) is 5.14. The number of aromatic amines is 1.